The van der Waals surface area contributed by atoms with Crippen LogP contribution < -0.4 is 5.73 Å². The summed E-state index contributed by atoms with van der Waals surface area (Å²) >= 11 is 0. The Labute approximate surface area is 77.5 Å². The van der Waals surface area contributed by atoms with Crippen molar-refractivity contribution in [2.24, 2.45) is 11.7 Å². The van der Waals surface area contributed by atoms with E-state index in [1.807, 2.05) is 0 Å². The van der Waals surface area contributed by atoms with Crippen LogP contribution in [0.3, 0.4) is 0 Å². The van der Waals surface area contributed by atoms with E-state index in [4.69, 9.17) is 5.73 Å². The molecule has 1 saturated carbocycles. The predicted molar refractivity (Wildman–Crippen MR) is 57.1 cm³/mol. The topological polar surface area (TPSA) is 26.0 Å². The molecule has 1 rings (SSSR count). The average molecular weight is 167 g/mol. The molecule has 0 aliphatic heterocycles. The van der Waals surface area contributed by atoms with E-state index in [2.05, 4.69) is 14.8 Å². The van der Waals surface area contributed by atoms with Gasteiger partial charge in [-0.15, -0.1) is 0 Å². The second-order valence-corrected chi connectivity index (χ2v) is 4.61. The highest BCUT2D eigenvalue weighted by Gasteiger charge is 2.15. The second-order valence-electron chi connectivity index (χ2n) is 4.61. The summed E-state index contributed by atoms with van der Waals surface area (Å²) in [6, 6.07) is 0.468. The van der Waals surface area contributed by atoms with Crippen molar-refractivity contribution in [1.82, 2.24) is 0 Å². The lowest BCUT2D eigenvalue weighted by atomic mass is 9.80. The minimum absolute atomic E-state index is 0.468. The average Bonchev–Trinajstić information content (AvgIpc) is 2.08. The summed E-state index contributed by atoms with van der Waals surface area (Å²) in [5, 5.41) is 0. The van der Waals surface area contributed by atoms with E-state index < -0.39 is 0 Å². The first kappa shape index (κ1) is 10.1. The molecule has 2 heteroatoms. The molecule has 0 bridgehead atoms. The van der Waals surface area contributed by atoms with Crippen LogP contribution in [0.4, 0.5) is 0 Å². The van der Waals surface area contributed by atoms with Crippen molar-refractivity contribution in [3.05, 3.63) is 0 Å². The van der Waals surface area contributed by atoms with Crippen LogP contribution in [0.1, 0.15) is 45.4 Å². The molecule has 0 spiro atoms. The number of rotatable bonds is 0. The zero-order chi connectivity index (χ0) is 8.97. The van der Waals surface area contributed by atoms with Gasteiger partial charge in [0.05, 0.1) is 0 Å². The first-order valence-electron chi connectivity index (χ1n) is 5.45. The van der Waals surface area contributed by atoms with E-state index >= 15 is 0 Å². The lowest BCUT2D eigenvalue weighted by molar-refractivity contribution is 0.399. The molecule has 0 radical (unpaired) electrons. The molecule has 3 atom stereocenters. The van der Waals surface area contributed by atoms with Crippen LogP contribution in [-0.2, 0) is 0 Å². The fourth-order valence-corrected chi connectivity index (χ4v) is 2.13. The van der Waals surface area contributed by atoms with Crippen LogP contribution in [0.25, 0.3) is 0 Å². The number of hydrogen-bond donors (Lipinski definition) is 1. The molecule has 0 amide bonds. The highest BCUT2D eigenvalue weighted by molar-refractivity contribution is 6.11. The van der Waals surface area contributed by atoms with Crippen molar-refractivity contribution in [3.63, 3.8) is 0 Å². The Morgan fingerprint density at radius 1 is 1.08 bits per heavy atom. The molecule has 1 aliphatic carbocycles. The van der Waals surface area contributed by atoms with Gasteiger partial charge in [0.25, 0.3) is 0 Å². The van der Waals surface area contributed by atoms with Crippen LogP contribution in [0.15, 0.2) is 0 Å². The van der Waals surface area contributed by atoms with Crippen molar-refractivity contribution >= 4 is 7.85 Å². The molecule has 1 nitrogen and oxygen atoms in total. The minimum Gasteiger partial charge on any atom is -0.327 e. The van der Waals surface area contributed by atoms with Crippen molar-refractivity contribution in [2.75, 3.05) is 0 Å². The Balaban J connectivity index is 2.36. The van der Waals surface area contributed by atoms with Crippen LogP contribution in [0.2, 0.25) is 5.82 Å². The first-order valence-corrected chi connectivity index (χ1v) is 5.45. The van der Waals surface area contributed by atoms with Gasteiger partial charge in [-0.05, 0) is 18.8 Å². The largest absolute Gasteiger partial charge is 0.327 e. The highest BCUT2D eigenvalue weighted by atomic mass is 14.6. The number of hydrogen-bond acceptors (Lipinski definition) is 1. The Morgan fingerprint density at radius 2 is 1.67 bits per heavy atom. The van der Waals surface area contributed by atoms with Gasteiger partial charge in [-0.1, -0.05) is 38.4 Å². The molecular weight excluding hydrogens is 145 g/mol. The van der Waals surface area contributed by atoms with E-state index in [0.29, 0.717) is 6.04 Å². The zero-order valence-corrected chi connectivity index (χ0v) is 8.55. The fourth-order valence-electron chi connectivity index (χ4n) is 2.13. The molecule has 0 aromatic rings. The smallest absolute Gasteiger partial charge is 0.105 e. The van der Waals surface area contributed by atoms with E-state index in [9.17, 15) is 0 Å². The second kappa shape index (κ2) is 4.91. The third kappa shape index (κ3) is 3.18. The summed E-state index contributed by atoms with van der Waals surface area (Å²) in [6.45, 7) is 2.31. The fraction of sp³-hybridized carbons (Fsp3) is 1.00. The predicted octanol–water partition coefficient (Wildman–Crippen LogP) is 1.73. The van der Waals surface area contributed by atoms with Gasteiger partial charge in [-0.2, -0.15) is 0 Å². The standard InChI is InChI=1S/C10H22BN/c1-8-4-2-5-9(11)6-3-7-10(8)12/h8-10H,2-7,11-12H2,1H3/t8-,9?,10-/m0/s1. The Kier molecular flexibility index (Phi) is 4.13. The Morgan fingerprint density at radius 3 is 2.33 bits per heavy atom. The first-order chi connectivity index (χ1) is 5.70. The van der Waals surface area contributed by atoms with Gasteiger partial charge in [-0.25, -0.2) is 0 Å². The maximum absolute atomic E-state index is 6.06. The lowest BCUT2D eigenvalue weighted by Gasteiger charge is -2.17. The Bertz CT molecular complexity index is 113. The van der Waals surface area contributed by atoms with Gasteiger partial charge in [-0.3, -0.25) is 0 Å². The third-order valence-corrected chi connectivity index (χ3v) is 3.32. The molecule has 1 unspecified atom stereocenters. The van der Waals surface area contributed by atoms with E-state index in [1.54, 1.807) is 0 Å². The molecule has 0 heterocycles. The lowest BCUT2D eigenvalue weighted by Crippen LogP contribution is -2.27. The van der Waals surface area contributed by atoms with Crippen molar-refractivity contribution in [2.45, 2.75) is 57.3 Å². The summed E-state index contributed by atoms with van der Waals surface area (Å²) in [7, 11) is 2.38. The van der Waals surface area contributed by atoms with Crippen molar-refractivity contribution in [1.29, 1.82) is 0 Å². The number of nitrogens with two attached hydrogens (primary N) is 1. The molecular formula is C10H22BN. The van der Waals surface area contributed by atoms with Gasteiger partial charge in [0, 0.05) is 6.04 Å². The zero-order valence-electron chi connectivity index (χ0n) is 8.55. The Hall–Kier alpha value is 0.0249. The third-order valence-electron chi connectivity index (χ3n) is 3.32. The van der Waals surface area contributed by atoms with Crippen molar-refractivity contribution < 1.29 is 0 Å². The normalized spacial score (nSPS) is 39.7. The molecule has 0 saturated heterocycles. The summed E-state index contributed by atoms with van der Waals surface area (Å²) in [4.78, 5) is 0. The van der Waals surface area contributed by atoms with Crippen LogP contribution in [0, 0.1) is 5.92 Å². The molecule has 0 aromatic carbocycles. The van der Waals surface area contributed by atoms with E-state index in [-0.39, 0.29) is 0 Å². The summed E-state index contributed by atoms with van der Waals surface area (Å²) in [5.41, 5.74) is 6.06. The van der Waals surface area contributed by atoms with E-state index in [0.717, 1.165) is 11.7 Å². The van der Waals surface area contributed by atoms with Crippen LogP contribution in [0.5, 0.6) is 0 Å². The van der Waals surface area contributed by atoms with Gasteiger partial charge >= 0.3 is 0 Å². The van der Waals surface area contributed by atoms with Crippen molar-refractivity contribution in [3.8, 4) is 0 Å². The molecule has 70 valence electrons. The van der Waals surface area contributed by atoms with Crippen LogP contribution in [-0.4, -0.2) is 13.9 Å². The molecule has 2 N–H and O–H groups in total. The van der Waals surface area contributed by atoms with E-state index in [1.165, 1.54) is 38.5 Å². The van der Waals surface area contributed by atoms with Gasteiger partial charge < -0.3 is 5.73 Å². The molecule has 0 aromatic heterocycles. The summed E-state index contributed by atoms with van der Waals surface area (Å²) in [5.74, 6) is 1.68. The van der Waals surface area contributed by atoms with Crippen LogP contribution >= 0.6 is 0 Å². The SMILES string of the molecule is BC1CCC[C@H](C)[C@@H](N)CCC1. The summed E-state index contributed by atoms with van der Waals surface area (Å²) < 4.78 is 0. The monoisotopic (exact) mass is 167 g/mol. The molecule has 12 heavy (non-hydrogen) atoms. The maximum Gasteiger partial charge on any atom is 0.105 e. The van der Waals surface area contributed by atoms with Gasteiger partial charge in [0.2, 0.25) is 0 Å². The highest BCUT2D eigenvalue weighted by Crippen LogP contribution is 2.25. The maximum atomic E-state index is 6.06. The quantitative estimate of drug-likeness (QED) is 0.546. The molecule has 1 aliphatic rings. The minimum atomic E-state index is 0.468. The molecule has 1 fully saturated rings. The van der Waals surface area contributed by atoms with Gasteiger partial charge in [0.1, 0.15) is 7.85 Å². The van der Waals surface area contributed by atoms with Gasteiger partial charge in [0.15, 0.2) is 0 Å². The summed E-state index contributed by atoms with van der Waals surface area (Å²) in [6.07, 6.45) is 8.11.